The van der Waals surface area contributed by atoms with Crippen molar-refractivity contribution in [3.05, 3.63) is 64.4 Å². The molecule has 1 saturated heterocycles. The Balaban J connectivity index is 1.57. The van der Waals surface area contributed by atoms with Gasteiger partial charge in [-0.1, -0.05) is 48.5 Å². The fourth-order valence-electron chi connectivity index (χ4n) is 4.33. The molecule has 0 aliphatic carbocycles. The number of hydrogen-bond acceptors (Lipinski definition) is 5. The maximum Gasteiger partial charge on any atom is 0.267 e. The molecule has 2 aromatic carbocycles. The van der Waals surface area contributed by atoms with Crippen LogP contribution in [-0.2, 0) is 4.79 Å². The molecule has 1 aliphatic heterocycles. The van der Waals surface area contributed by atoms with Gasteiger partial charge in [0.05, 0.1) is 22.3 Å². The van der Waals surface area contributed by atoms with E-state index < -0.39 is 0 Å². The molecule has 1 unspecified atom stereocenters. The Bertz CT molecular complexity index is 1360. The van der Waals surface area contributed by atoms with Crippen LogP contribution in [0, 0.1) is 12.8 Å². The first-order valence-electron chi connectivity index (χ1n) is 10.9. The topological polar surface area (TPSA) is 72.5 Å². The molecule has 3 heterocycles. The molecule has 164 valence electrons. The Morgan fingerprint density at radius 3 is 2.69 bits per heavy atom. The van der Waals surface area contributed by atoms with E-state index in [9.17, 15) is 9.59 Å². The minimum absolute atomic E-state index is 0.120. The molecule has 5 rings (SSSR count). The molecule has 0 N–H and O–H groups in total. The number of likely N-dealkylation sites (tertiary alicyclic amines) is 1. The molecule has 0 radical (unpaired) electrons. The van der Waals surface area contributed by atoms with E-state index in [0.717, 1.165) is 36.3 Å². The first-order valence-corrected chi connectivity index (χ1v) is 11.9. The SMILES string of the molecule is Cc1ccc(-n2c(=O)c3ccccc3n3c(SCC(=O)N4CCCC(C)C4)nnc23)cc1. The first kappa shape index (κ1) is 20.8. The highest BCUT2D eigenvalue weighted by molar-refractivity contribution is 7.99. The molecule has 0 spiro atoms. The molecule has 8 heteroatoms. The zero-order valence-corrected chi connectivity index (χ0v) is 19.0. The second-order valence-electron chi connectivity index (χ2n) is 8.49. The van der Waals surface area contributed by atoms with Gasteiger partial charge in [-0.2, -0.15) is 0 Å². The number of rotatable bonds is 4. The number of thioether (sulfide) groups is 1. The number of benzene rings is 2. The summed E-state index contributed by atoms with van der Waals surface area (Å²) >= 11 is 1.37. The van der Waals surface area contributed by atoms with E-state index in [4.69, 9.17) is 0 Å². The summed E-state index contributed by atoms with van der Waals surface area (Å²) < 4.78 is 3.47. The maximum atomic E-state index is 13.4. The average Bonchev–Trinajstić information content (AvgIpc) is 3.22. The van der Waals surface area contributed by atoms with Crippen molar-refractivity contribution >= 4 is 34.3 Å². The highest BCUT2D eigenvalue weighted by Crippen LogP contribution is 2.24. The zero-order chi connectivity index (χ0) is 22.2. The van der Waals surface area contributed by atoms with Gasteiger partial charge in [-0.15, -0.1) is 10.2 Å². The largest absolute Gasteiger partial charge is 0.342 e. The monoisotopic (exact) mass is 447 g/mol. The molecule has 4 aromatic rings. The summed E-state index contributed by atoms with van der Waals surface area (Å²) in [4.78, 5) is 28.1. The van der Waals surface area contributed by atoms with Crippen LogP contribution >= 0.6 is 11.8 Å². The molecule has 0 bridgehead atoms. The maximum absolute atomic E-state index is 13.4. The second-order valence-corrected chi connectivity index (χ2v) is 9.43. The van der Waals surface area contributed by atoms with Crippen molar-refractivity contribution in [1.29, 1.82) is 0 Å². The predicted molar refractivity (Wildman–Crippen MR) is 127 cm³/mol. The van der Waals surface area contributed by atoms with Gasteiger partial charge in [0.2, 0.25) is 11.7 Å². The molecule has 2 aromatic heterocycles. The van der Waals surface area contributed by atoms with Crippen LogP contribution in [0.1, 0.15) is 25.3 Å². The van der Waals surface area contributed by atoms with Gasteiger partial charge in [-0.25, -0.2) is 4.57 Å². The third-order valence-corrected chi connectivity index (χ3v) is 6.94. The Kier molecular flexibility index (Phi) is 5.46. The number of carbonyl (C=O) groups excluding carboxylic acids is 1. The van der Waals surface area contributed by atoms with Crippen molar-refractivity contribution in [1.82, 2.24) is 24.1 Å². The number of para-hydroxylation sites is 1. The van der Waals surface area contributed by atoms with Gasteiger partial charge in [-0.05, 0) is 49.9 Å². The summed E-state index contributed by atoms with van der Waals surface area (Å²) in [6.45, 7) is 5.83. The van der Waals surface area contributed by atoms with Crippen molar-refractivity contribution < 1.29 is 4.79 Å². The molecular weight excluding hydrogens is 422 g/mol. The summed E-state index contributed by atoms with van der Waals surface area (Å²) in [5.74, 6) is 1.40. The van der Waals surface area contributed by atoms with Crippen LogP contribution in [0.15, 0.2) is 58.5 Å². The van der Waals surface area contributed by atoms with E-state index in [0.29, 0.717) is 28.0 Å². The van der Waals surface area contributed by atoms with Crippen molar-refractivity contribution in [3.8, 4) is 5.69 Å². The van der Waals surface area contributed by atoms with Crippen LogP contribution in [0.4, 0.5) is 0 Å². The molecule has 1 atom stereocenters. The van der Waals surface area contributed by atoms with Crippen LogP contribution in [-0.4, -0.2) is 48.8 Å². The van der Waals surface area contributed by atoms with Crippen molar-refractivity contribution in [3.63, 3.8) is 0 Å². The lowest BCUT2D eigenvalue weighted by Crippen LogP contribution is -2.40. The van der Waals surface area contributed by atoms with Crippen LogP contribution in [0.25, 0.3) is 22.4 Å². The molecular formula is C24H25N5O2S. The van der Waals surface area contributed by atoms with E-state index >= 15 is 0 Å². The molecule has 0 saturated carbocycles. The Labute approximate surface area is 190 Å². The third kappa shape index (κ3) is 3.68. The Morgan fingerprint density at radius 2 is 1.91 bits per heavy atom. The van der Waals surface area contributed by atoms with Crippen LogP contribution in [0.2, 0.25) is 0 Å². The lowest BCUT2D eigenvalue weighted by Gasteiger charge is -2.30. The molecule has 1 amide bonds. The number of amides is 1. The normalized spacial score (nSPS) is 16.7. The number of carbonyl (C=O) groups is 1. The lowest BCUT2D eigenvalue weighted by atomic mass is 10.0. The molecule has 7 nitrogen and oxygen atoms in total. The zero-order valence-electron chi connectivity index (χ0n) is 18.2. The van der Waals surface area contributed by atoms with Crippen LogP contribution in [0.5, 0.6) is 0 Å². The van der Waals surface area contributed by atoms with E-state index in [1.165, 1.54) is 18.2 Å². The third-order valence-electron chi connectivity index (χ3n) is 6.02. The minimum Gasteiger partial charge on any atom is -0.342 e. The van der Waals surface area contributed by atoms with E-state index in [-0.39, 0.29) is 11.5 Å². The van der Waals surface area contributed by atoms with E-state index in [1.807, 2.05) is 64.8 Å². The van der Waals surface area contributed by atoms with Gasteiger partial charge < -0.3 is 4.90 Å². The van der Waals surface area contributed by atoms with Gasteiger partial charge in [-0.3, -0.25) is 14.0 Å². The van der Waals surface area contributed by atoms with Crippen molar-refractivity contribution in [2.75, 3.05) is 18.8 Å². The fourth-order valence-corrected chi connectivity index (χ4v) is 5.18. The van der Waals surface area contributed by atoms with Crippen LogP contribution < -0.4 is 5.56 Å². The first-order chi connectivity index (χ1) is 15.5. The summed E-state index contributed by atoms with van der Waals surface area (Å²) in [5, 5.41) is 9.92. The van der Waals surface area contributed by atoms with Gasteiger partial charge in [0.1, 0.15) is 0 Å². The van der Waals surface area contributed by atoms with Crippen molar-refractivity contribution in [2.45, 2.75) is 31.8 Å². The van der Waals surface area contributed by atoms with E-state index in [1.54, 1.807) is 4.57 Å². The summed E-state index contributed by atoms with van der Waals surface area (Å²) in [6, 6.07) is 15.2. The molecule has 32 heavy (non-hydrogen) atoms. The number of fused-ring (bicyclic) bond motifs is 3. The summed E-state index contributed by atoms with van der Waals surface area (Å²) in [5.41, 5.74) is 2.45. The summed E-state index contributed by atoms with van der Waals surface area (Å²) in [7, 11) is 0. The fraction of sp³-hybridized carbons (Fsp3) is 0.333. The highest BCUT2D eigenvalue weighted by atomic mass is 32.2. The van der Waals surface area contributed by atoms with Crippen LogP contribution in [0.3, 0.4) is 0 Å². The number of aromatic nitrogens is 4. The van der Waals surface area contributed by atoms with Gasteiger partial charge in [0, 0.05) is 13.1 Å². The number of nitrogens with zero attached hydrogens (tertiary/aromatic N) is 5. The number of hydrogen-bond donors (Lipinski definition) is 0. The Hall–Kier alpha value is -3.13. The second kappa shape index (κ2) is 8.43. The number of aryl methyl sites for hydroxylation is 1. The van der Waals surface area contributed by atoms with Crippen molar-refractivity contribution in [2.24, 2.45) is 5.92 Å². The standard InChI is InChI=1S/C24H25N5O2S/c1-16-9-11-18(12-10-16)28-22(31)19-7-3-4-8-20(19)29-23(28)25-26-24(29)32-15-21(30)27-13-5-6-17(2)14-27/h3-4,7-12,17H,5-6,13-15H2,1-2H3. The lowest BCUT2D eigenvalue weighted by molar-refractivity contribution is -0.130. The number of piperidine rings is 1. The average molecular weight is 448 g/mol. The highest BCUT2D eigenvalue weighted by Gasteiger charge is 2.23. The van der Waals surface area contributed by atoms with E-state index in [2.05, 4.69) is 17.1 Å². The molecule has 1 fully saturated rings. The molecule has 1 aliphatic rings. The van der Waals surface area contributed by atoms with Gasteiger partial charge in [0.25, 0.3) is 5.56 Å². The van der Waals surface area contributed by atoms with Gasteiger partial charge in [0.15, 0.2) is 5.16 Å². The quantitative estimate of drug-likeness (QED) is 0.446. The van der Waals surface area contributed by atoms with Gasteiger partial charge >= 0.3 is 0 Å². The smallest absolute Gasteiger partial charge is 0.267 e. The Morgan fingerprint density at radius 1 is 1.12 bits per heavy atom. The summed E-state index contributed by atoms with van der Waals surface area (Å²) in [6.07, 6.45) is 2.23. The minimum atomic E-state index is -0.140. The predicted octanol–water partition coefficient (Wildman–Crippen LogP) is 3.69.